The van der Waals surface area contributed by atoms with E-state index >= 15 is 0 Å². The van der Waals surface area contributed by atoms with Crippen LogP contribution in [-0.4, -0.2) is 36.4 Å². The molecule has 0 fully saturated rings. The molecule has 2 rings (SSSR count). The number of methoxy groups -OCH3 is 1. The highest BCUT2D eigenvalue weighted by atomic mass is 16.6. The topological polar surface area (TPSA) is 84.7 Å². The molecule has 144 valence electrons. The molecule has 0 radical (unpaired) electrons. The number of nitro benzene ring substituents is 1. The minimum atomic E-state index is -0.429. The molecular weight excluding hydrogens is 346 g/mol. The van der Waals surface area contributed by atoms with Crippen LogP contribution in [0.3, 0.4) is 0 Å². The van der Waals surface area contributed by atoms with E-state index in [0.29, 0.717) is 19.4 Å². The molecule has 1 amide bonds. The Morgan fingerprint density at radius 2 is 1.89 bits per heavy atom. The number of hydrogen-bond acceptors (Lipinski definition) is 5. The van der Waals surface area contributed by atoms with Gasteiger partial charge in [0.25, 0.3) is 5.69 Å². The lowest BCUT2D eigenvalue weighted by molar-refractivity contribution is -0.384. The van der Waals surface area contributed by atoms with E-state index in [1.165, 1.54) is 12.1 Å². The molecule has 0 saturated carbocycles. The van der Waals surface area contributed by atoms with Crippen molar-refractivity contribution in [2.75, 3.05) is 26.0 Å². The second-order valence-electron chi connectivity index (χ2n) is 6.26. The zero-order valence-electron chi connectivity index (χ0n) is 15.8. The van der Waals surface area contributed by atoms with Gasteiger partial charge in [-0.05, 0) is 31.5 Å². The van der Waals surface area contributed by atoms with Crippen molar-refractivity contribution >= 4 is 17.3 Å². The van der Waals surface area contributed by atoms with Crippen LogP contribution in [0.4, 0.5) is 11.4 Å². The quantitative estimate of drug-likeness (QED) is 0.409. The fourth-order valence-electron chi connectivity index (χ4n) is 2.79. The van der Waals surface area contributed by atoms with Gasteiger partial charge in [-0.15, -0.1) is 0 Å². The van der Waals surface area contributed by atoms with Crippen LogP contribution in [-0.2, 0) is 4.79 Å². The number of anilines is 1. The summed E-state index contributed by atoms with van der Waals surface area (Å²) in [6, 6.07) is 13.8. The molecule has 2 aromatic carbocycles. The Labute approximate surface area is 159 Å². The second-order valence-corrected chi connectivity index (χ2v) is 6.26. The summed E-state index contributed by atoms with van der Waals surface area (Å²) in [7, 11) is 3.42. The van der Waals surface area contributed by atoms with Crippen molar-refractivity contribution in [2.24, 2.45) is 0 Å². The zero-order valence-corrected chi connectivity index (χ0v) is 15.8. The highest BCUT2D eigenvalue weighted by molar-refractivity contribution is 5.76. The number of carbonyl (C=O) groups is 1. The van der Waals surface area contributed by atoms with Gasteiger partial charge in [-0.3, -0.25) is 14.9 Å². The van der Waals surface area contributed by atoms with Gasteiger partial charge in [0.1, 0.15) is 5.75 Å². The Morgan fingerprint density at radius 3 is 2.52 bits per heavy atom. The van der Waals surface area contributed by atoms with Gasteiger partial charge in [0.05, 0.1) is 18.1 Å². The highest BCUT2D eigenvalue weighted by Crippen LogP contribution is 2.28. The van der Waals surface area contributed by atoms with Crippen LogP contribution in [0.15, 0.2) is 48.5 Å². The lowest BCUT2D eigenvalue weighted by Crippen LogP contribution is -2.30. The second kappa shape index (κ2) is 9.56. The van der Waals surface area contributed by atoms with Crippen molar-refractivity contribution in [3.05, 3.63) is 64.2 Å². The van der Waals surface area contributed by atoms with Crippen molar-refractivity contribution in [3.63, 3.8) is 0 Å². The van der Waals surface area contributed by atoms with E-state index in [9.17, 15) is 14.9 Å². The maximum absolute atomic E-state index is 12.5. The standard InChI is InChI=1S/C20H25N3O4/c1-15(18-7-4-5-8-19(18)27-3)22(2)20(24)9-6-14-21-16-10-12-17(13-11-16)23(25)26/h4-5,7-8,10-13,15,21H,6,9,14H2,1-3H3. The lowest BCUT2D eigenvalue weighted by Gasteiger charge is -2.26. The van der Waals surface area contributed by atoms with Gasteiger partial charge in [0, 0.05) is 43.4 Å². The van der Waals surface area contributed by atoms with Crippen LogP contribution < -0.4 is 10.1 Å². The van der Waals surface area contributed by atoms with Gasteiger partial charge in [0.2, 0.25) is 5.91 Å². The molecule has 0 aliphatic rings. The van der Waals surface area contributed by atoms with E-state index in [4.69, 9.17) is 4.74 Å². The summed E-state index contributed by atoms with van der Waals surface area (Å²) < 4.78 is 5.38. The summed E-state index contributed by atoms with van der Waals surface area (Å²) in [6.07, 6.45) is 1.08. The van der Waals surface area contributed by atoms with Gasteiger partial charge >= 0.3 is 0 Å². The number of nitrogens with one attached hydrogen (secondary N) is 1. The predicted octanol–water partition coefficient (Wildman–Crippen LogP) is 4.02. The Balaban J connectivity index is 1.81. The van der Waals surface area contributed by atoms with Gasteiger partial charge < -0.3 is 15.0 Å². The fourth-order valence-corrected chi connectivity index (χ4v) is 2.79. The van der Waals surface area contributed by atoms with E-state index in [1.54, 1.807) is 31.2 Å². The molecular formula is C20H25N3O4. The molecule has 2 aromatic rings. The smallest absolute Gasteiger partial charge is 0.269 e. The summed E-state index contributed by atoms with van der Waals surface area (Å²) in [5.41, 5.74) is 1.83. The number of benzene rings is 2. The van der Waals surface area contributed by atoms with E-state index in [-0.39, 0.29) is 17.6 Å². The Morgan fingerprint density at radius 1 is 1.22 bits per heavy atom. The molecule has 0 spiro atoms. The van der Waals surface area contributed by atoms with Crippen LogP contribution in [0.1, 0.15) is 31.4 Å². The molecule has 1 unspecified atom stereocenters. The molecule has 1 N–H and O–H groups in total. The van der Waals surface area contributed by atoms with E-state index < -0.39 is 4.92 Å². The molecule has 27 heavy (non-hydrogen) atoms. The third kappa shape index (κ3) is 5.44. The minimum Gasteiger partial charge on any atom is -0.496 e. The molecule has 0 aliphatic carbocycles. The summed E-state index contributed by atoms with van der Waals surface area (Å²) in [5, 5.41) is 13.8. The number of non-ortho nitro benzene ring substituents is 1. The molecule has 0 aromatic heterocycles. The van der Waals surface area contributed by atoms with Crippen molar-refractivity contribution in [2.45, 2.75) is 25.8 Å². The highest BCUT2D eigenvalue weighted by Gasteiger charge is 2.19. The fraction of sp³-hybridized carbons (Fsp3) is 0.350. The number of nitro groups is 1. The molecule has 0 aliphatic heterocycles. The minimum absolute atomic E-state index is 0.0545. The molecule has 0 bridgehead atoms. The number of amides is 1. The predicted molar refractivity (Wildman–Crippen MR) is 105 cm³/mol. The van der Waals surface area contributed by atoms with Crippen LogP contribution in [0.25, 0.3) is 0 Å². The number of ether oxygens (including phenoxy) is 1. The van der Waals surface area contributed by atoms with E-state index in [2.05, 4.69) is 5.32 Å². The summed E-state index contributed by atoms with van der Waals surface area (Å²) >= 11 is 0. The summed E-state index contributed by atoms with van der Waals surface area (Å²) in [4.78, 5) is 24.4. The number of rotatable bonds is 9. The van der Waals surface area contributed by atoms with Crippen molar-refractivity contribution in [1.29, 1.82) is 0 Å². The SMILES string of the molecule is COc1ccccc1C(C)N(C)C(=O)CCCNc1ccc([N+](=O)[O-])cc1. The molecule has 1 atom stereocenters. The van der Waals surface area contributed by atoms with Gasteiger partial charge in [-0.2, -0.15) is 0 Å². The Hall–Kier alpha value is -3.09. The molecule has 7 heteroatoms. The Bertz CT molecular complexity index is 777. The number of nitrogens with zero attached hydrogens (tertiary/aromatic N) is 2. The molecule has 0 heterocycles. The van der Waals surface area contributed by atoms with Crippen LogP contribution in [0.2, 0.25) is 0 Å². The first-order valence-electron chi connectivity index (χ1n) is 8.81. The summed E-state index contributed by atoms with van der Waals surface area (Å²) in [5.74, 6) is 0.823. The van der Waals surface area contributed by atoms with Crippen LogP contribution in [0, 0.1) is 10.1 Å². The number of carbonyl (C=O) groups excluding carboxylic acids is 1. The Kier molecular flexibility index (Phi) is 7.16. The van der Waals surface area contributed by atoms with Crippen molar-refractivity contribution in [1.82, 2.24) is 4.90 Å². The van der Waals surface area contributed by atoms with E-state index in [1.807, 2.05) is 31.2 Å². The molecule has 7 nitrogen and oxygen atoms in total. The van der Waals surface area contributed by atoms with Crippen LogP contribution in [0.5, 0.6) is 5.75 Å². The first kappa shape index (κ1) is 20.2. The van der Waals surface area contributed by atoms with Gasteiger partial charge in [-0.25, -0.2) is 0 Å². The summed E-state index contributed by atoms with van der Waals surface area (Å²) in [6.45, 7) is 2.59. The largest absolute Gasteiger partial charge is 0.496 e. The average molecular weight is 371 g/mol. The number of hydrogen-bond donors (Lipinski definition) is 1. The molecule has 0 saturated heterocycles. The maximum Gasteiger partial charge on any atom is 0.269 e. The third-order valence-corrected chi connectivity index (χ3v) is 4.54. The first-order chi connectivity index (χ1) is 12.9. The first-order valence-corrected chi connectivity index (χ1v) is 8.81. The monoisotopic (exact) mass is 371 g/mol. The van der Waals surface area contributed by atoms with Gasteiger partial charge in [-0.1, -0.05) is 18.2 Å². The normalized spacial score (nSPS) is 11.5. The maximum atomic E-state index is 12.5. The number of para-hydroxylation sites is 1. The van der Waals surface area contributed by atoms with Gasteiger partial charge in [0.15, 0.2) is 0 Å². The average Bonchev–Trinajstić information content (AvgIpc) is 2.70. The van der Waals surface area contributed by atoms with E-state index in [0.717, 1.165) is 17.0 Å². The zero-order chi connectivity index (χ0) is 19.8. The third-order valence-electron chi connectivity index (χ3n) is 4.54. The van der Waals surface area contributed by atoms with Crippen LogP contribution >= 0.6 is 0 Å². The lowest BCUT2D eigenvalue weighted by atomic mass is 10.1. The van der Waals surface area contributed by atoms with Crippen molar-refractivity contribution in [3.8, 4) is 5.75 Å². The van der Waals surface area contributed by atoms with Crippen molar-refractivity contribution < 1.29 is 14.5 Å².